The van der Waals surface area contributed by atoms with Gasteiger partial charge in [0, 0.05) is 18.7 Å². The fourth-order valence-corrected chi connectivity index (χ4v) is 6.88. The van der Waals surface area contributed by atoms with Crippen LogP contribution in [-0.4, -0.2) is 27.1 Å². The van der Waals surface area contributed by atoms with Crippen LogP contribution in [0, 0.1) is 5.92 Å². The predicted molar refractivity (Wildman–Crippen MR) is 220 cm³/mol. The van der Waals surface area contributed by atoms with Crippen molar-refractivity contribution in [3.63, 3.8) is 0 Å². The summed E-state index contributed by atoms with van der Waals surface area (Å²) in [6.07, 6.45) is 23.5. The van der Waals surface area contributed by atoms with Crippen molar-refractivity contribution in [1.29, 1.82) is 0 Å². The predicted octanol–water partition coefficient (Wildman–Crippen LogP) is 12.8. The van der Waals surface area contributed by atoms with E-state index in [0.717, 1.165) is 105 Å². The van der Waals surface area contributed by atoms with Crippen molar-refractivity contribution in [2.45, 2.75) is 176 Å². The second-order valence-electron chi connectivity index (χ2n) is 15.6. The van der Waals surface area contributed by atoms with Gasteiger partial charge in [-0.15, -0.1) is 0 Å². The molecule has 0 fully saturated rings. The molecule has 0 radical (unpaired) electrons. The molecule has 292 valence electrons. The van der Waals surface area contributed by atoms with Crippen LogP contribution >= 0.6 is 0 Å². The number of aryl methyl sites for hydroxylation is 1. The van der Waals surface area contributed by atoms with Crippen LogP contribution in [0.5, 0.6) is 0 Å². The highest BCUT2D eigenvalue weighted by molar-refractivity contribution is 5.97. The number of imidazole rings is 1. The molecule has 0 saturated carbocycles. The van der Waals surface area contributed by atoms with E-state index in [2.05, 4.69) is 68.7 Å². The molecule has 0 N–H and O–H groups in total. The molecule has 3 aromatic rings. The number of hydrogen-bond acceptors (Lipinski definition) is 5. The summed E-state index contributed by atoms with van der Waals surface area (Å²) in [5.74, 6) is 0.584. The van der Waals surface area contributed by atoms with Crippen molar-refractivity contribution in [1.82, 2.24) is 9.55 Å². The molecule has 0 spiro atoms. The number of ether oxygens (including phenoxy) is 2. The van der Waals surface area contributed by atoms with E-state index < -0.39 is 5.60 Å². The Kier molecular flexibility index (Phi) is 19.7. The molecule has 0 aliphatic carbocycles. The number of hydrogen-bond donors (Lipinski definition) is 0. The van der Waals surface area contributed by atoms with Gasteiger partial charge >= 0.3 is 11.9 Å². The first-order valence-corrected chi connectivity index (χ1v) is 20.9. The van der Waals surface area contributed by atoms with Crippen LogP contribution in [0.2, 0.25) is 0 Å². The van der Waals surface area contributed by atoms with Crippen LogP contribution in [0.25, 0.3) is 11.1 Å². The van der Waals surface area contributed by atoms with Crippen molar-refractivity contribution < 1.29 is 19.1 Å². The third-order valence-corrected chi connectivity index (χ3v) is 9.88. The smallest absolute Gasteiger partial charge is 0.339 e. The Morgan fingerprint density at radius 1 is 0.774 bits per heavy atom. The molecule has 2 aromatic carbocycles. The molecule has 0 aliphatic rings. The minimum Gasteiger partial charge on any atom is -0.459 e. The van der Waals surface area contributed by atoms with Crippen molar-refractivity contribution in [3.8, 4) is 11.1 Å². The second kappa shape index (κ2) is 23.9. The number of benzene rings is 2. The fourth-order valence-electron chi connectivity index (χ4n) is 6.88. The Labute approximate surface area is 322 Å². The van der Waals surface area contributed by atoms with Crippen LogP contribution in [0.3, 0.4) is 0 Å². The van der Waals surface area contributed by atoms with E-state index in [1.165, 1.54) is 38.5 Å². The molecule has 0 bridgehead atoms. The van der Waals surface area contributed by atoms with Crippen LogP contribution in [0.4, 0.5) is 0 Å². The normalized spacial score (nSPS) is 12.4. The summed E-state index contributed by atoms with van der Waals surface area (Å²) in [7, 11) is 0. The molecule has 6 heteroatoms. The maximum atomic E-state index is 13.5. The Balaban J connectivity index is 1.67. The maximum absolute atomic E-state index is 13.5. The molecular formula is C47H70N2O4. The summed E-state index contributed by atoms with van der Waals surface area (Å²) in [5.41, 5.74) is 4.98. The molecular weight excluding hydrogens is 657 g/mol. The van der Waals surface area contributed by atoms with Crippen molar-refractivity contribution in [2.75, 3.05) is 0 Å². The van der Waals surface area contributed by atoms with E-state index in [4.69, 9.17) is 14.5 Å². The lowest BCUT2D eigenvalue weighted by atomic mass is 9.96. The number of allylic oxidation sites excluding steroid dienone is 2. The monoisotopic (exact) mass is 727 g/mol. The zero-order valence-corrected chi connectivity index (χ0v) is 34.3. The van der Waals surface area contributed by atoms with E-state index in [0.29, 0.717) is 12.1 Å². The first-order valence-electron chi connectivity index (χ1n) is 20.9. The van der Waals surface area contributed by atoms with E-state index in [-0.39, 0.29) is 24.5 Å². The highest BCUT2D eigenvalue weighted by Gasteiger charge is 2.23. The zero-order valence-electron chi connectivity index (χ0n) is 34.3. The van der Waals surface area contributed by atoms with E-state index in [9.17, 15) is 9.59 Å². The van der Waals surface area contributed by atoms with Gasteiger partial charge in [0.15, 0.2) is 0 Å². The largest absolute Gasteiger partial charge is 0.459 e. The van der Waals surface area contributed by atoms with Gasteiger partial charge in [0.05, 0.1) is 17.2 Å². The number of unbranched alkanes of at least 4 members (excludes halogenated alkanes) is 9. The fraction of sp³-hybridized carbons (Fsp3) is 0.596. The van der Waals surface area contributed by atoms with E-state index in [1.807, 2.05) is 45.0 Å². The van der Waals surface area contributed by atoms with Crippen LogP contribution in [0.15, 0.2) is 60.7 Å². The molecule has 6 nitrogen and oxygen atoms in total. The van der Waals surface area contributed by atoms with Crippen LogP contribution in [0.1, 0.15) is 178 Å². The van der Waals surface area contributed by atoms with Gasteiger partial charge in [0.2, 0.25) is 0 Å². The Bertz CT molecular complexity index is 1530. The lowest BCUT2D eigenvalue weighted by Crippen LogP contribution is -2.24. The number of nitrogens with zero attached hydrogens (tertiary/aromatic N) is 2. The van der Waals surface area contributed by atoms with Crippen molar-refractivity contribution in [2.24, 2.45) is 5.92 Å². The summed E-state index contributed by atoms with van der Waals surface area (Å²) in [6, 6.07) is 16.0. The molecule has 1 unspecified atom stereocenters. The molecule has 0 saturated heterocycles. The molecule has 0 amide bonds. The van der Waals surface area contributed by atoms with Gasteiger partial charge in [-0.1, -0.05) is 134 Å². The molecule has 1 aromatic heterocycles. The molecule has 0 aliphatic heterocycles. The molecule has 1 atom stereocenters. The number of carbonyl (C=O) groups excluding carboxylic acids is 2. The SMILES string of the molecule is CCCCCCCCC=CCCCC(CCCC)C(=O)OCc1nc(CCCC)n(Cc2ccc(-c3ccccc3C(=O)OC(C)(C)C)cc2)c1CC. The summed E-state index contributed by atoms with van der Waals surface area (Å²) in [6.45, 7) is 15.4. The number of aromatic nitrogens is 2. The minimum atomic E-state index is -0.566. The van der Waals surface area contributed by atoms with Gasteiger partial charge in [-0.25, -0.2) is 9.78 Å². The first kappa shape index (κ1) is 43.7. The van der Waals surface area contributed by atoms with Crippen molar-refractivity contribution in [3.05, 3.63) is 89.0 Å². The molecule has 1 heterocycles. The van der Waals surface area contributed by atoms with Crippen molar-refractivity contribution >= 4 is 11.9 Å². The van der Waals surface area contributed by atoms with Gasteiger partial charge in [0.1, 0.15) is 18.0 Å². The number of carbonyl (C=O) groups is 2. The number of esters is 2. The van der Waals surface area contributed by atoms with E-state index in [1.54, 1.807) is 0 Å². The topological polar surface area (TPSA) is 70.4 Å². The summed E-state index contributed by atoms with van der Waals surface area (Å²) in [5, 5.41) is 0. The third kappa shape index (κ3) is 15.3. The first-order chi connectivity index (χ1) is 25.6. The van der Waals surface area contributed by atoms with Gasteiger partial charge < -0.3 is 14.0 Å². The van der Waals surface area contributed by atoms with Gasteiger partial charge in [-0.2, -0.15) is 0 Å². The van der Waals surface area contributed by atoms with Crippen LogP contribution < -0.4 is 0 Å². The maximum Gasteiger partial charge on any atom is 0.339 e. The van der Waals surface area contributed by atoms with Gasteiger partial charge in [0.25, 0.3) is 0 Å². The standard InChI is InChI=1S/C47H70N2O4/c1-8-12-15-16-17-18-19-20-21-22-23-27-39(26-13-9-2)45(50)52-36-42-43(11-4)49(44(48-42)30-14-10-3)35-37-31-33-38(34-32-37)40-28-24-25-29-41(40)46(51)53-47(5,6)7/h20-21,24-25,28-29,31-34,39H,8-19,22-23,26-27,30,35-36H2,1-7H3. The number of rotatable bonds is 25. The average Bonchev–Trinajstić information content (AvgIpc) is 3.48. The Morgan fingerprint density at radius 2 is 1.42 bits per heavy atom. The Morgan fingerprint density at radius 3 is 2.09 bits per heavy atom. The van der Waals surface area contributed by atoms with E-state index >= 15 is 0 Å². The highest BCUT2D eigenvalue weighted by atomic mass is 16.6. The zero-order chi connectivity index (χ0) is 38.5. The van der Waals surface area contributed by atoms with Gasteiger partial charge in [-0.05, 0) is 94.9 Å². The lowest BCUT2D eigenvalue weighted by molar-refractivity contribution is -0.150. The molecule has 53 heavy (non-hydrogen) atoms. The Hall–Kier alpha value is -3.67. The minimum absolute atomic E-state index is 0.0624. The second-order valence-corrected chi connectivity index (χ2v) is 15.6. The van der Waals surface area contributed by atoms with Gasteiger partial charge in [-0.3, -0.25) is 4.79 Å². The average molecular weight is 727 g/mol. The summed E-state index contributed by atoms with van der Waals surface area (Å²) < 4.78 is 14.1. The van der Waals surface area contributed by atoms with Crippen LogP contribution in [-0.2, 0) is 40.3 Å². The molecule has 3 rings (SSSR count). The highest BCUT2D eigenvalue weighted by Crippen LogP contribution is 2.27. The lowest BCUT2D eigenvalue weighted by Gasteiger charge is -2.20. The summed E-state index contributed by atoms with van der Waals surface area (Å²) in [4.78, 5) is 31.6. The quantitative estimate of drug-likeness (QED) is 0.0494. The third-order valence-electron chi connectivity index (χ3n) is 9.88. The summed E-state index contributed by atoms with van der Waals surface area (Å²) >= 11 is 0.